The van der Waals surface area contributed by atoms with Gasteiger partial charge in [-0.15, -0.1) is 0 Å². The van der Waals surface area contributed by atoms with Gasteiger partial charge in [0.05, 0.1) is 4.90 Å². The number of hydrogen-bond donors (Lipinski definition) is 2. The van der Waals surface area contributed by atoms with Crippen LogP contribution in [0.25, 0.3) is 0 Å². The molecule has 0 spiro atoms. The van der Waals surface area contributed by atoms with Gasteiger partial charge >= 0.3 is 0 Å². The molecule has 30 heavy (non-hydrogen) atoms. The van der Waals surface area contributed by atoms with Crippen molar-refractivity contribution in [1.82, 2.24) is 14.9 Å². The lowest BCUT2D eigenvalue weighted by Crippen LogP contribution is -2.47. The number of benzene rings is 2. The Hall–Kier alpha value is -2.23. The average Bonchev–Trinajstić information content (AvgIpc) is 2.75. The lowest BCUT2D eigenvalue weighted by molar-refractivity contribution is -0.132. The van der Waals surface area contributed by atoms with Crippen LogP contribution in [0.15, 0.2) is 64.0 Å². The molecule has 0 unspecified atom stereocenters. The standard InChI is InChI=1S/C21H24BrN3O4S/c22-17-6-8-19(9-7-17)30(28,29)23-13-10-20(26)25-14-11-18(12-15-25)24-21(27)16-4-2-1-3-5-16/h1-9,18,23H,10-15H2,(H,24,27). The fourth-order valence-corrected chi connectivity index (χ4v) is 4.58. The number of amides is 2. The first-order chi connectivity index (χ1) is 14.3. The van der Waals surface area contributed by atoms with E-state index < -0.39 is 10.0 Å². The van der Waals surface area contributed by atoms with Crippen molar-refractivity contribution in [2.24, 2.45) is 0 Å². The van der Waals surface area contributed by atoms with Crippen LogP contribution in [0.2, 0.25) is 0 Å². The van der Waals surface area contributed by atoms with Crippen molar-refractivity contribution in [3.8, 4) is 0 Å². The molecule has 2 aromatic carbocycles. The third-order valence-electron chi connectivity index (χ3n) is 4.97. The Morgan fingerprint density at radius 2 is 1.63 bits per heavy atom. The molecule has 9 heteroatoms. The fraction of sp³-hybridized carbons (Fsp3) is 0.333. The van der Waals surface area contributed by atoms with Crippen molar-refractivity contribution >= 4 is 37.8 Å². The van der Waals surface area contributed by atoms with Gasteiger partial charge in [0.25, 0.3) is 5.91 Å². The molecule has 2 aromatic rings. The molecule has 1 aliphatic rings. The molecule has 7 nitrogen and oxygen atoms in total. The maximum atomic E-state index is 12.4. The molecule has 0 bridgehead atoms. The van der Waals surface area contributed by atoms with Crippen molar-refractivity contribution in [3.63, 3.8) is 0 Å². The summed E-state index contributed by atoms with van der Waals surface area (Å²) in [7, 11) is -3.64. The number of piperidine rings is 1. The minimum Gasteiger partial charge on any atom is -0.349 e. The summed E-state index contributed by atoms with van der Waals surface area (Å²) in [4.78, 5) is 26.5. The molecular weight excluding hydrogens is 470 g/mol. The second-order valence-electron chi connectivity index (χ2n) is 7.10. The van der Waals surface area contributed by atoms with E-state index in [9.17, 15) is 18.0 Å². The summed E-state index contributed by atoms with van der Waals surface area (Å²) in [5.74, 6) is -0.205. The van der Waals surface area contributed by atoms with E-state index in [0.29, 0.717) is 31.5 Å². The van der Waals surface area contributed by atoms with Crippen molar-refractivity contribution in [1.29, 1.82) is 0 Å². The highest BCUT2D eigenvalue weighted by Crippen LogP contribution is 2.15. The third-order valence-corrected chi connectivity index (χ3v) is 6.98. The number of carbonyl (C=O) groups excluding carboxylic acids is 2. The molecule has 0 radical (unpaired) electrons. The quantitative estimate of drug-likeness (QED) is 0.619. The molecule has 0 atom stereocenters. The lowest BCUT2D eigenvalue weighted by Gasteiger charge is -2.32. The van der Waals surface area contributed by atoms with Crippen LogP contribution in [0.3, 0.4) is 0 Å². The molecule has 0 aromatic heterocycles. The Morgan fingerprint density at radius 1 is 1.00 bits per heavy atom. The number of rotatable bonds is 7. The van der Waals surface area contributed by atoms with E-state index in [1.54, 1.807) is 29.2 Å². The third kappa shape index (κ3) is 6.13. The number of carbonyl (C=O) groups is 2. The van der Waals surface area contributed by atoms with Crippen LogP contribution in [0.4, 0.5) is 0 Å². The summed E-state index contributed by atoms with van der Waals surface area (Å²) in [5, 5.41) is 3.01. The number of sulfonamides is 1. The Morgan fingerprint density at radius 3 is 2.27 bits per heavy atom. The molecule has 0 saturated carbocycles. The van der Waals surface area contributed by atoms with Gasteiger partial charge in [-0.05, 0) is 49.2 Å². The molecular formula is C21H24BrN3O4S. The second kappa shape index (κ2) is 10.2. The van der Waals surface area contributed by atoms with Crippen LogP contribution >= 0.6 is 15.9 Å². The van der Waals surface area contributed by atoms with Crippen molar-refractivity contribution in [3.05, 3.63) is 64.6 Å². The molecule has 1 heterocycles. The number of halogens is 1. The molecule has 2 N–H and O–H groups in total. The van der Waals surface area contributed by atoms with E-state index in [4.69, 9.17) is 0 Å². The van der Waals surface area contributed by atoms with Crippen molar-refractivity contribution < 1.29 is 18.0 Å². The van der Waals surface area contributed by atoms with Gasteiger partial charge in [-0.3, -0.25) is 9.59 Å². The highest BCUT2D eigenvalue weighted by atomic mass is 79.9. The molecule has 2 amide bonds. The molecule has 1 saturated heterocycles. The van der Waals surface area contributed by atoms with Crippen molar-refractivity contribution in [2.45, 2.75) is 30.2 Å². The van der Waals surface area contributed by atoms with Crippen LogP contribution in [0.1, 0.15) is 29.6 Å². The van der Waals surface area contributed by atoms with Gasteiger partial charge in [0.1, 0.15) is 0 Å². The summed E-state index contributed by atoms with van der Waals surface area (Å²) in [5.41, 5.74) is 0.620. The molecule has 3 rings (SSSR count). The molecule has 1 fully saturated rings. The summed E-state index contributed by atoms with van der Waals surface area (Å²) in [6, 6.07) is 15.4. The van der Waals surface area contributed by atoms with Gasteiger partial charge in [0.2, 0.25) is 15.9 Å². The zero-order valence-corrected chi connectivity index (χ0v) is 18.8. The van der Waals surface area contributed by atoms with Gasteiger partial charge in [-0.25, -0.2) is 13.1 Å². The van der Waals surface area contributed by atoms with Crippen molar-refractivity contribution in [2.75, 3.05) is 19.6 Å². The Kier molecular flexibility index (Phi) is 7.63. The topological polar surface area (TPSA) is 95.6 Å². The zero-order chi connectivity index (χ0) is 21.6. The van der Waals surface area contributed by atoms with E-state index in [1.807, 2.05) is 18.2 Å². The molecule has 1 aliphatic heterocycles. The Bertz CT molecular complexity index is 973. The second-order valence-corrected chi connectivity index (χ2v) is 9.78. The Labute approximate surface area is 185 Å². The summed E-state index contributed by atoms with van der Waals surface area (Å²) >= 11 is 3.27. The number of hydrogen-bond acceptors (Lipinski definition) is 4. The maximum absolute atomic E-state index is 12.4. The lowest BCUT2D eigenvalue weighted by atomic mass is 10.0. The zero-order valence-electron chi connectivity index (χ0n) is 16.4. The predicted molar refractivity (Wildman–Crippen MR) is 117 cm³/mol. The fourth-order valence-electron chi connectivity index (χ4n) is 3.28. The smallest absolute Gasteiger partial charge is 0.251 e. The number of likely N-dealkylation sites (tertiary alicyclic amines) is 1. The van der Waals surface area contributed by atoms with E-state index in [0.717, 1.165) is 4.47 Å². The SMILES string of the molecule is O=C(NC1CCN(C(=O)CCNS(=O)(=O)c2ccc(Br)cc2)CC1)c1ccccc1. The highest BCUT2D eigenvalue weighted by Gasteiger charge is 2.24. The number of nitrogens with one attached hydrogen (secondary N) is 2. The van der Waals surface area contributed by atoms with E-state index in [2.05, 4.69) is 26.0 Å². The van der Waals surface area contributed by atoms with E-state index in [1.165, 1.54) is 12.1 Å². The maximum Gasteiger partial charge on any atom is 0.251 e. The summed E-state index contributed by atoms with van der Waals surface area (Å²) < 4.78 is 27.8. The normalized spacial score (nSPS) is 15.0. The molecule has 160 valence electrons. The monoisotopic (exact) mass is 493 g/mol. The van der Waals surface area contributed by atoms with E-state index >= 15 is 0 Å². The van der Waals surface area contributed by atoms with Gasteiger partial charge < -0.3 is 10.2 Å². The first-order valence-corrected chi connectivity index (χ1v) is 12.0. The first-order valence-electron chi connectivity index (χ1n) is 9.74. The van der Waals surface area contributed by atoms with Gasteiger partial charge in [0, 0.05) is 42.1 Å². The minimum atomic E-state index is -3.64. The van der Waals surface area contributed by atoms with Crippen LogP contribution in [-0.4, -0.2) is 50.8 Å². The van der Waals surface area contributed by atoms with Gasteiger partial charge in [-0.2, -0.15) is 0 Å². The van der Waals surface area contributed by atoms with Crippen LogP contribution in [0.5, 0.6) is 0 Å². The van der Waals surface area contributed by atoms with Gasteiger partial charge in [0.15, 0.2) is 0 Å². The van der Waals surface area contributed by atoms with Crippen LogP contribution in [-0.2, 0) is 14.8 Å². The van der Waals surface area contributed by atoms with Crippen LogP contribution < -0.4 is 10.0 Å². The number of nitrogens with zero attached hydrogens (tertiary/aromatic N) is 1. The molecule has 0 aliphatic carbocycles. The highest BCUT2D eigenvalue weighted by molar-refractivity contribution is 9.10. The predicted octanol–water partition coefficient (Wildman–Crippen LogP) is 2.54. The van der Waals surface area contributed by atoms with Gasteiger partial charge in [-0.1, -0.05) is 34.1 Å². The first kappa shape index (κ1) is 22.5. The largest absolute Gasteiger partial charge is 0.349 e. The summed E-state index contributed by atoms with van der Waals surface area (Å²) in [6.45, 7) is 1.12. The average molecular weight is 494 g/mol. The minimum absolute atomic E-state index is 0.0256. The summed E-state index contributed by atoms with van der Waals surface area (Å²) in [6.07, 6.45) is 1.45. The van der Waals surface area contributed by atoms with E-state index in [-0.39, 0.29) is 35.7 Å². The van der Waals surface area contributed by atoms with Crippen LogP contribution in [0, 0.1) is 0 Å². The Balaban J connectivity index is 1.41.